The summed E-state index contributed by atoms with van der Waals surface area (Å²) in [6.07, 6.45) is 1.53. The molecular weight excluding hydrogens is 324 g/mol. The number of aromatic nitrogens is 1. The van der Waals surface area contributed by atoms with Crippen molar-refractivity contribution in [2.45, 2.75) is 6.92 Å². The fraction of sp³-hybridized carbons (Fsp3) is 0.0526. The van der Waals surface area contributed by atoms with Gasteiger partial charge >= 0.3 is 0 Å². The number of halogens is 1. The van der Waals surface area contributed by atoms with Gasteiger partial charge in [-0.3, -0.25) is 9.78 Å². The first-order valence-electron chi connectivity index (χ1n) is 7.38. The number of pyridine rings is 1. The van der Waals surface area contributed by atoms with E-state index in [4.69, 9.17) is 16.3 Å². The van der Waals surface area contributed by atoms with Crippen molar-refractivity contribution in [3.63, 3.8) is 0 Å². The normalized spacial score (nSPS) is 10.2. The van der Waals surface area contributed by atoms with Crippen molar-refractivity contribution >= 4 is 23.2 Å². The largest absolute Gasteiger partial charge is 0.455 e. The molecule has 1 aromatic heterocycles. The second-order valence-electron chi connectivity index (χ2n) is 5.20. The first-order chi connectivity index (χ1) is 11.6. The van der Waals surface area contributed by atoms with E-state index in [0.717, 1.165) is 5.69 Å². The minimum Gasteiger partial charge on any atom is -0.455 e. The standard InChI is InChI=1S/C19H15ClN2O2/c1-13-7-8-14(12-21-13)19(23)22-17-11-15(20)9-10-18(17)24-16-5-3-2-4-6-16/h2-12H,1H3,(H,22,23). The van der Waals surface area contributed by atoms with Crippen LogP contribution in [0.3, 0.4) is 0 Å². The van der Waals surface area contributed by atoms with Gasteiger partial charge in [-0.15, -0.1) is 0 Å². The van der Waals surface area contributed by atoms with Crippen molar-refractivity contribution in [3.05, 3.63) is 83.1 Å². The Labute approximate surface area is 145 Å². The van der Waals surface area contributed by atoms with Gasteiger partial charge in [-0.1, -0.05) is 29.8 Å². The van der Waals surface area contributed by atoms with Crippen molar-refractivity contribution < 1.29 is 9.53 Å². The maximum absolute atomic E-state index is 12.4. The molecule has 120 valence electrons. The molecule has 0 fully saturated rings. The van der Waals surface area contributed by atoms with Crippen molar-refractivity contribution in [1.82, 2.24) is 4.98 Å². The summed E-state index contributed by atoms with van der Waals surface area (Å²) in [5, 5.41) is 3.33. The fourth-order valence-corrected chi connectivity index (χ4v) is 2.27. The molecular formula is C19H15ClN2O2. The molecule has 3 aromatic rings. The summed E-state index contributed by atoms with van der Waals surface area (Å²) in [5.74, 6) is 0.911. The van der Waals surface area contributed by atoms with Gasteiger partial charge in [0.2, 0.25) is 0 Å². The number of ether oxygens (including phenoxy) is 1. The van der Waals surface area contributed by atoms with Gasteiger partial charge in [-0.2, -0.15) is 0 Å². The third-order valence-electron chi connectivity index (χ3n) is 3.33. The topological polar surface area (TPSA) is 51.2 Å². The average Bonchev–Trinajstić information content (AvgIpc) is 2.59. The molecule has 5 heteroatoms. The van der Waals surface area contributed by atoms with Crippen LogP contribution in [0.1, 0.15) is 16.1 Å². The summed E-state index contributed by atoms with van der Waals surface area (Å²) < 4.78 is 5.83. The third-order valence-corrected chi connectivity index (χ3v) is 3.57. The fourth-order valence-electron chi connectivity index (χ4n) is 2.10. The summed E-state index contributed by atoms with van der Waals surface area (Å²) >= 11 is 6.05. The highest BCUT2D eigenvalue weighted by molar-refractivity contribution is 6.31. The minimum absolute atomic E-state index is 0.275. The zero-order chi connectivity index (χ0) is 16.9. The predicted octanol–water partition coefficient (Wildman–Crippen LogP) is 5.09. The van der Waals surface area contributed by atoms with Crippen molar-refractivity contribution in [2.24, 2.45) is 0 Å². The number of aryl methyl sites for hydroxylation is 1. The molecule has 0 aliphatic heterocycles. The smallest absolute Gasteiger partial charge is 0.257 e. The lowest BCUT2D eigenvalue weighted by atomic mass is 10.2. The highest BCUT2D eigenvalue weighted by Gasteiger charge is 2.12. The van der Waals surface area contributed by atoms with E-state index in [2.05, 4.69) is 10.3 Å². The second kappa shape index (κ2) is 7.15. The summed E-state index contributed by atoms with van der Waals surface area (Å²) in [6.45, 7) is 1.87. The lowest BCUT2D eigenvalue weighted by Crippen LogP contribution is -2.13. The summed E-state index contributed by atoms with van der Waals surface area (Å²) in [4.78, 5) is 16.5. The van der Waals surface area contributed by atoms with E-state index in [1.54, 1.807) is 30.3 Å². The lowest BCUT2D eigenvalue weighted by Gasteiger charge is -2.13. The Hall–Kier alpha value is -2.85. The van der Waals surface area contributed by atoms with Gasteiger partial charge in [0.05, 0.1) is 11.3 Å². The molecule has 2 aromatic carbocycles. The van der Waals surface area contributed by atoms with Crippen LogP contribution in [-0.2, 0) is 0 Å². The van der Waals surface area contributed by atoms with Crippen LogP contribution in [0, 0.1) is 6.92 Å². The highest BCUT2D eigenvalue weighted by Crippen LogP contribution is 2.32. The van der Waals surface area contributed by atoms with Crippen LogP contribution in [0.2, 0.25) is 5.02 Å². The van der Waals surface area contributed by atoms with E-state index in [9.17, 15) is 4.79 Å². The number of rotatable bonds is 4. The third kappa shape index (κ3) is 3.91. The van der Waals surface area contributed by atoms with E-state index < -0.39 is 0 Å². The molecule has 24 heavy (non-hydrogen) atoms. The molecule has 0 atom stereocenters. The Balaban J connectivity index is 1.85. The number of benzene rings is 2. The maximum atomic E-state index is 12.4. The Kier molecular flexibility index (Phi) is 4.77. The second-order valence-corrected chi connectivity index (χ2v) is 5.63. The molecule has 3 rings (SSSR count). The van der Waals surface area contributed by atoms with Crippen LogP contribution in [0.25, 0.3) is 0 Å². The van der Waals surface area contributed by atoms with Gasteiger partial charge < -0.3 is 10.1 Å². The minimum atomic E-state index is -0.275. The number of anilines is 1. The summed E-state index contributed by atoms with van der Waals surface area (Å²) in [5.41, 5.74) is 1.81. The number of hydrogen-bond donors (Lipinski definition) is 1. The Bertz CT molecular complexity index is 849. The van der Waals surface area contributed by atoms with Gasteiger partial charge in [0.1, 0.15) is 5.75 Å². The lowest BCUT2D eigenvalue weighted by molar-refractivity contribution is 0.102. The molecule has 1 amide bonds. The average molecular weight is 339 g/mol. The van der Waals surface area contributed by atoms with E-state index in [0.29, 0.717) is 27.8 Å². The van der Waals surface area contributed by atoms with Crippen LogP contribution in [0.5, 0.6) is 11.5 Å². The molecule has 1 heterocycles. The van der Waals surface area contributed by atoms with Crippen LogP contribution in [-0.4, -0.2) is 10.9 Å². The number of nitrogens with zero attached hydrogens (tertiary/aromatic N) is 1. The first kappa shape index (κ1) is 16.0. The molecule has 4 nitrogen and oxygen atoms in total. The quantitative estimate of drug-likeness (QED) is 0.721. The first-order valence-corrected chi connectivity index (χ1v) is 7.76. The number of amides is 1. The molecule has 0 unspecified atom stereocenters. The molecule has 0 bridgehead atoms. The molecule has 0 radical (unpaired) electrons. The van der Waals surface area contributed by atoms with Crippen LogP contribution < -0.4 is 10.1 Å². The maximum Gasteiger partial charge on any atom is 0.257 e. The number of carbonyl (C=O) groups excluding carboxylic acids is 1. The highest BCUT2D eigenvalue weighted by atomic mass is 35.5. The summed E-state index contributed by atoms with van der Waals surface area (Å²) in [6, 6.07) is 17.9. The van der Waals surface area contributed by atoms with Crippen molar-refractivity contribution in [2.75, 3.05) is 5.32 Å². The number of para-hydroxylation sites is 1. The Morgan fingerprint density at radius 3 is 2.58 bits per heavy atom. The zero-order valence-electron chi connectivity index (χ0n) is 13.0. The van der Waals surface area contributed by atoms with Gasteiger partial charge in [0, 0.05) is 16.9 Å². The van der Waals surface area contributed by atoms with Gasteiger partial charge in [-0.25, -0.2) is 0 Å². The van der Waals surface area contributed by atoms with Crippen LogP contribution >= 0.6 is 11.6 Å². The van der Waals surface area contributed by atoms with Gasteiger partial charge in [0.25, 0.3) is 5.91 Å². The Morgan fingerprint density at radius 2 is 1.88 bits per heavy atom. The molecule has 0 aliphatic carbocycles. The zero-order valence-corrected chi connectivity index (χ0v) is 13.7. The van der Waals surface area contributed by atoms with E-state index in [1.165, 1.54) is 6.20 Å². The van der Waals surface area contributed by atoms with E-state index in [1.807, 2.05) is 37.3 Å². The molecule has 0 saturated heterocycles. The summed E-state index contributed by atoms with van der Waals surface area (Å²) in [7, 11) is 0. The Morgan fingerprint density at radius 1 is 1.08 bits per heavy atom. The molecule has 0 saturated carbocycles. The van der Waals surface area contributed by atoms with Crippen molar-refractivity contribution in [1.29, 1.82) is 0 Å². The SMILES string of the molecule is Cc1ccc(C(=O)Nc2cc(Cl)ccc2Oc2ccccc2)cn1. The van der Waals surface area contributed by atoms with Gasteiger partial charge in [-0.05, 0) is 49.4 Å². The number of nitrogens with one attached hydrogen (secondary N) is 1. The van der Waals surface area contributed by atoms with Gasteiger partial charge in [0.15, 0.2) is 5.75 Å². The number of carbonyl (C=O) groups is 1. The predicted molar refractivity (Wildman–Crippen MR) is 94.9 cm³/mol. The van der Waals surface area contributed by atoms with E-state index >= 15 is 0 Å². The number of hydrogen-bond acceptors (Lipinski definition) is 3. The van der Waals surface area contributed by atoms with Crippen LogP contribution in [0.15, 0.2) is 66.9 Å². The molecule has 1 N–H and O–H groups in total. The molecule has 0 aliphatic rings. The van der Waals surface area contributed by atoms with Crippen molar-refractivity contribution in [3.8, 4) is 11.5 Å². The van der Waals surface area contributed by atoms with Crippen LogP contribution in [0.4, 0.5) is 5.69 Å². The monoisotopic (exact) mass is 338 g/mol. The molecule has 0 spiro atoms. The van der Waals surface area contributed by atoms with E-state index in [-0.39, 0.29) is 5.91 Å².